The van der Waals surface area contributed by atoms with Crippen LogP contribution in [0.15, 0.2) is 6.07 Å². The molecule has 0 amide bonds. The fourth-order valence-corrected chi connectivity index (χ4v) is 2.21. The van der Waals surface area contributed by atoms with E-state index in [9.17, 15) is 0 Å². The SMILES string of the molecule is Cc1cc(N(C)CC2CC2)c(CN)c(C)n1. The third kappa shape index (κ3) is 2.35. The molecular formula is C13H21N3. The molecule has 3 heteroatoms. The molecule has 0 saturated heterocycles. The van der Waals surface area contributed by atoms with Crippen molar-refractivity contribution in [3.8, 4) is 0 Å². The van der Waals surface area contributed by atoms with Gasteiger partial charge in [-0.3, -0.25) is 4.98 Å². The Morgan fingerprint density at radius 2 is 2.12 bits per heavy atom. The van der Waals surface area contributed by atoms with Crippen LogP contribution in [0.5, 0.6) is 0 Å². The van der Waals surface area contributed by atoms with Gasteiger partial charge < -0.3 is 10.6 Å². The molecule has 16 heavy (non-hydrogen) atoms. The number of rotatable bonds is 4. The molecule has 0 radical (unpaired) electrons. The van der Waals surface area contributed by atoms with Crippen molar-refractivity contribution in [3.05, 3.63) is 23.0 Å². The van der Waals surface area contributed by atoms with Crippen molar-refractivity contribution in [3.63, 3.8) is 0 Å². The molecule has 1 heterocycles. The summed E-state index contributed by atoms with van der Waals surface area (Å²) in [6, 6.07) is 2.15. The molecule has 2 rings (SSSR count). The lowest BCUT2D eigenvalue weighted by molar-refractivity contribution is 0.778. The Morgan fingerprint density at radius 1 is 1.44 bits per heavy atom. The van der Waals surface area contributed by atoms with Gasteiger partial charge in [-0.2, -0.15) is 0 Å². The smallest absolute Gasteiger partial charge is 0.0445 e. The number of hydrogen-bond donors (Lipinski definition) is 1. The maximum atomic E-state index is 5.82. The van der Waals surface area contributed by atoms with Gasteiger partial charge in [0.15, 0.2) is 0 Å². The summed E-state index contributed by atoms with van der Waals surface area (Å²) in [5.74, 6) is 0.893. The first-order valence-electron chi connectivity index (χ1n) is 6.00. The zero-order valence-electron chi connectivity index (χ0n) is 10.5. The second-order valence-electron chi connectivity index (χ2n) is 4.87. The topological polar surface area (TPSA) is 42.1 Å². The summed E-state index contributed by atoms with van der Waals surface area (Å²) in [6.07, 6.45) is 2.76. The summed E-state index contributed by atoms with van der Waals surface area (Å²) in [4.78, 5) is 6.81. The second kappa shape index (κ2) is 4.42. The minimum absolute atomic E-state index is 0.573. The average molecular weight is 219 g/mol. The molecular weight excluding hydrogens is 198 g/mol. The lowest BCUT2D eigenvalue weighted by Gasteiger charge is -2.23. The van der Waals surface area contributed by atoms with Crippen molar-refractivity contribution in [2.75, 3.05) is 18.5 Å². The maximum Gasteiger partial charge on any atom is 0.0445 e. The molecule has 1 aliphatic carbocycles. The summed E-state index contributed by atoms with van der Waals surface area (Å²) >= 11 is 0. The number of aryl methyl sites for hydroxylation is 2. The Balaban J connectivity index is 2.28. The van der Waals surface area contributed by atoms with Gasteiger partial charge in [-0.05, 0) is 38.7 Å². The summed E-state index contributed by atoms with van der Waals surface area (Å²) in [5.41, 5.74) is 10.4. The van der Waals surface area contributed by atoms with Crippen LogP contribution in [0.4, 0.5) is 5.69 Å². The van der Waals surface area contributed by atoms with E-state index in [1.807, 2.05) is 13.8 Å². The first-order chi connectivity index (χ1) is 7.61. The normalized spacial score (nSPS) is 15.2. The van der Waals surface area contributed by atoms with Gasteiger partial charge in [0, 0.05) is 42.8 Å². The van der Waals surface area contributed by atoms with Gasteiger partial charge in [-0.15, -0.1) is 0 Å². The van der Waals surface area contributed by atoms with Gasteiger partial charge in [0.2, 0.25) is 0 Å². The molecule has 0 unspecified atom stereocenters. The van der Waals surface area contributed by atoms with Crippen LogP contribution >= 0.6 is 0 Å². The number of hydrogen-bond acceptors (Lipinski definition) is 3. The minimum Gasteiger partial charge on any atom is -0.374 e. The number of nitrogens with zero attached hydrogens (tertiary/aromatic N) is 2. The summed E-state index contributed by atoms with van der Waals surface area (Å²) in [7, 11) is 2.16. The minimum atomic E-state index is 0.573. The first-order valence-corrected chi connectivity index (χ1v) is 6.00. The predicted molar refractivity (Wildman–Crippen MR) is 67.6 cm³/mol. The third-order valence-electron chi connectivity index (χ3n) is 3.28. The number of anilines is 1. The molecule has 2 N–H and O–H groups in total. The van der Waals surface area contributed by atoms with Gasteiger partial charge in [0.25, 0.3) is 0 Å². The van der Waals surface area contributed by atoms with Gasteiger partial charge in [0.05, 0.1) is 0 Å². The molecule has 1 saturated carbocycles. The zero-order chi connectivity index (χ0) is 11.7. The van der Waals surface area contributed by atoms with Crippen LogP contribution in [0.1, 0.15) is 29.8 Å². The Bertz CT molecular complexity index is 383. The van der Waals surface area contributed by atoms with Gasteiger partial charge >= 0.3 is 0 Å². The molecule has 0 aliphatic heterocycles. The molecule has 0 bridgehead atoms. The Hall–Kier alpha value is -1.09. The van der Waals surface area contributed by atoms with E-state index < -0.39 is 0 Å². The van der Waals surface area contributed by atoms with Gasteiger partial charge in [0.1, 0.15) is 0 Å². The molecule has 0 aromatic carbocycles. The quantitative estimate of drug-likeness (QED) is 0.842. The van der Waals surface area contributed by atoms with Gasteiger partial charge in [-0.1, -0.05) is 0 Å². The first kappa shape index (κ1) is 11.4. The lowest BCUT2D eigenvalue weighted by Crippen LogP contribution is -2.23. The van der Waals surface area contributed by atoms with Crippen molar-refractivity contribution in [2.24, 2.45) is 11.7 Å². The van der Waals surface area contributed by atoms with E-state index in [0.717, 1.165) is 23.9 Å². The van der Waals surface area contributed by atoms with Crippen LogP contribution in [0.2, 0.25) is 0 Å². The fourth-order valence-electron chi connectivity index (χ4n) is 2.21. The molecule has 1 aromatic rings. The third-order valence-corrected chi connectivity index (χ3v) is 3.28. The van der Waals surface area contributed by atoms with Gasteiger partial charge in [-0.25, -0.2) is 0 Å². The molecule has 0 atom stereocenters. The Labute approximate surface area is 97.7 Å². The van der Waals surface area contributed by atoms with Crippen LogP contribution < -0.4 is 10.6 Å². The van der Waals surface area contributed by atoms with E-state index in [0.29, 0.717) is 6.54 Å². The molecule has 1 aromatic heterocycles. The highest BCUT2D eigenvalue weighted by Gasteiger charge is 2.24. The van der Waals surface area contributed by atoms with Crippen LogP contribution in [0, 0.1) is 19.8 Å². The van der Waals surface area contributed by atoms with Crippen molar-refractivity contribution in [1.82, 2.24) is 4.98 Å². The van der Waals surface area contributed by atoms with Crippen molar-refractivity contribution >= 4 is 5.69 Å². The summed E-state index contributed by atoms with van der Waals surface area (Å²) < 4.78 is 0. The molecule has 0 spiro atoms. The zero-order valence-corrected chi connectivity index (χ0v) is 10.5. The molecule has 3 nitrogen and oxygen atoms in total. The van der Waals surface area contributed by atoms with Crippen LogP contribution in [-0.2, 0) is 6.54 Å². The molecule has 88 valence electrons. The monoisotopic (exact) mass is 219 g/mol. The lowest BCUT2D eigenvalue weighted by atomic mass is 10.1. The van der Waals surface area contributed by atoms with E-state index in [1.54, 1.807) is 0 Å². The van der Waals surface area contributed by atoms with Crippen molar-refractivity contribution < 1.29 is 0 Å². The predicted octanol–water partition coefficient (Wildman–Crippen LogP) is 2.00. The standard InChI is InChI=1S/C13H21N3/c1-9-6-13(12(7-14)10(2)15-9)16(3)8-11-4-5-11/h6,11H,4-5,7-8,14H2,1-3H3. The number of aromatic nitrogens is 1. The second-order valence-corrected chi connectivity index (χ2v) is 4.87. The Kier molecular flexibility index (Phi) is 3.15. The number of nitrogens with two attached hydrogens (primary N) is 1. The van der Waals surface area contributed by atoms with Crippen LogP contribution in [-0.4, -0.2) is 18.6 Å². The van der Waals surface area contributed by atoms with E-state index >= 15 is 0 Å². The summed E-state index contributed by atoms with van der Waals surface area (Å²) in [5, 5.41) is 0. The maximum absolute atomic E-state index is 5.82. The van der Waals surface area contributed by atoms with Crippen LogP contribution in [0.25, 0.3) is 0 Å². The van der Waals surface area contributed by atoms with Crippen molar-refractivity contribution in [1.29, 1.82) is 0 Å². The highest BCUT2D eigenvalue weighted by molar-refractivity contribution is 5.55. The Morgan fingerprint density at radius 3 is 2.69 bits per heavy atom. The largest absolute Gasteiger partial charge is 0.374 e. The van der Waals surface area contributed by atoms with E-state index in [1.165, 1.54) is 24.1 Å². The summed E-state index contributed by atoms with van der Waals surface area (Å²) in [6.45, 7) is 5.81. The average Bonchev–Trinajstić information content (AvgIpc) is 3.00. The molecule has 1 fully saturated rings. The van der Waals surface area contributed by atoms with E-state index in [2.05, 4.69) is 23.0 Å². The van der Waals surface area contributed by atoms with Crippen molar-refractivity contribution in [2.45, 2.75) is 33.2 Å². The number of pyridine rings is 1. The van der Waals surface area contributed by atoms with E-state index in [4.69, 9.17) is 5.73 Å². The van der Waals surface area contributed by atoms with Crippen LogP contribution in [0.3, 0.4) is 0 Å². The highest BCUT2D eigenvalue weighted by Crippen LogP contribution is 2.32. The highest BCUT2D eigenvalue weighted by atomic mass is 15.1. The molecule has 1 aliphatic rings. The van der Waals surface area contributed by atoms with E-state index in [-0.39, 0.29) is 0 Å². The fraction of sp³-hybridized carbons (Fsp3) is 0.615.